The molecule has 10 nitrogen and oxygen atoms in total. The second kappa shape index (κ2) is 39.9. The van der Waals surface area contributed by atoms with Crippen LogP contribution in [0.1, 0.15) is 213 Å². The van der Waals surface area contributed by atoms with Crippen molar-refractivity contribution in [1.82, 2.24) is 0 Å². The van der Waals surface area contributed by atoms with Crippen molar-refractivity contribution in [1.29, 1.82) is 0 Å². The molecule has 0 fully saturated rings. The van der Waals surface area contributed by atoms with Gasteiger partial charge in [0.2, 0.25) is 0 Å². The number of carbonyl (C=O) groups excluding carboxylic acids is 2. The van der Waals surface area contributed by atoms with Crippen LogP contribution in [0.5, 0.6) is 0 Å². The van der Waals surface area contributed by atoms with Crippen LogP contribution in [0.4, 0.5) is 0 Å². The van der Waals surface area contributed by atoms with Gasteiger partial charge in [-0.1, -0.05) is 180 Å². The number of rotatable bonds is 42. The van der Waals surface area contributed by atoms with Crippen molar-refractivity contribution in [2.24, 2.45) is 0 Å². The number of ether oxygens (including phenoxy) is 2. The highest BCUT2D eigenvalue weighted by Gasteiger charge is 2.27. The molecule has 0 saturated carbocycles. The van der Waals surface area contributed by atoms with E-state index in [1.165, 1.54) is 116 Å². The Hall–Kier alpha value is -1.29. The molecule has 0 aromatic heterocycles. The summed E-state index contributed by atoms with van der Waals surface area (Å²) in [7, 11) is -4.63. The molecule has 0 bridgehead atoms. The van der Waals surface area contributed by atoms with E-state index in [-0.39, 0.29) is 12.8 Å². The molecule has 0 heterocycles. The maximum absolute atomic E-state index is 12.3. The Morgan fingerprint density at radius 2 is 0.778 bits per heavy atom. The second-order valence-corrected chi connectivity index (χ2v) is 16.5. The van der Waals surface area contributed by atoms with E-state index < -0.39 is 58.4 Å². The predicted molar refractivity (Wildman–Crippen MR) is 219 cm³/mol. The fourth-order valence-electron chi connectivity index (χ4n) is 6.27. The standard InChI is InChI=1S/C43H83O10P/c1-3-5-7-9-11-13-15-16-17-18-19-20-21-22-23-25-27-29-31-33-35-43(47)53-41(37-45)39-51-54(48,49)50-38-40(36-44)52-42(46)34-32-30-28-26-24-14-12-10-8-6-4-2/h10,12,40-41,44-45H,3-9,11,13-39H2,1-2H3,(H,48,49)/b12-10-. The summed E-state index contributed by atoms with van der Waals surface area (Å²) in [4.78, 5) is 34.4. The van der Waals surface area contributed by atoms with Gasteiger partial charge in [0.25, 0.3) is 0 Å². The molecule has 54 heavy (non-hydrogen) atoms. The van der Waals surface area contributed by atoms with E-state index in [1.54, 1.807) is 0 Å². The monoisotopic (exact) mass is 791 g/mol. The van der Waals surface area contributed by atoms with E-state index in [2.05, 4.69) is 26.0 Å². The van der Waals surface area contributed by atoms with Crippen molar-refractivity contribution in [2.45, 2.75) is 225 Å². The van der Waals surface area contributed by atoms with Crippen molar-refractivity contribution >= 4 is 19.8 Å². The van der Waals surface area contributed by atoms with Gasteiger partial charge >= 0.3 is 19.8 Å². The lowest BCUT2D eigenvalue weighted by Gasteiger charge is -2.20. The molecule has 0 aromatic carbocycles. The molecule has 0 aliphatic heterocycles. The summed E-state index contributed by atoms with van der Waals surface area (Å²) in [6.07, 6.45) is 37.7. The summed E-state index contributed by atoms with van der Waals surface area (Å²) < 4.78 is 32.5. The molecule has 0 spiro atoms. The van der Waals surface area contributed by atoms with Crippen LogP contribution < -0.4 is 0 Å². The molecule has 0 aliphatic rings. The maximum atomic E-state index is 12.3. The maximum Gasteiger partial charge on any atom is 0.472 e. The largest absolute Gasteiger partial charge is 0.472 e. The number of aliphatic hydroxyl groups excluding tert-OH is 2. The zero-order valence-electron chi connectivity index (χ0n) is 34.7. The van der Waals surface area contributed by atoms with Crippen LogP contribution in [0.25, 0.3) is 0 Å². The van der Waals surface area contributed by atoms with Crippen molar-refractivity contribution < 1.29 is 47.8 Å². The molecule has 11 heteroatoms. The van der Waals surface area contributed by atoms with Crippen molar-refractivity contribution in [3.63, 3.8) is 0 Å². The lowest BCUT2D eigenvalue weighted by atomic mass is 10.0. The van der Waals surface area contributed by atoms with Gasteiger partial charge in [-0.05, 0) is 32.1 Å². The first-order chi connectivity index (χ1) is 26.3. The normalized spacial score (nSPS) is 13.9. The lowest BCUT2D eigenvalue weighted by molar-refractivity contribution is -0.153. The van der Waals surface area contributed by atoms with E-state index >= 15 is 0 Å². The highest BCUT2D eigenvalue weighted by Crippen LogP contribution is 2.43. The van der Waals surface area contributed by atoms with Crippen LogP contribution in [0.2, 0.25) is 0 Å². The number of allylic oxidation sites excluding steroid dienone is 2. The first kappa shape index (κ1) is 52.7. The molecule has 3 N–H and O–H groups in total. The fraction of sp³-hybridized carbons (Fsp3) is 0.907. The molecule has 3 atom stereocenters. The number of carbonyl (C=O) groups is 2. The predicted octanol–water partition coefficient (Wildman–Crippen LogP) is 11.6. The van der Waals surface area contributed by atoms with E-state index in [0.717, 1.165) is 57.8 Å². The topological polar surface area (TPSA) is 149 Å². The Bertz CT molecular complexity index is 915. The fourth-order valence-corrected chi connectivity index (χ4v) is 7.06. The molecule has 0 aromatic rings. The molecule has 0 radical (unpaired) electrons. The average molecular weight is 791 g/mol. The third-order valence-corrected chi connectivity index (χ3v) is 10.7. The van der Waals surface area contributed by atoms with Gasteiger partial charge in [-0.15, -0.1) is 0 Å². The highest BCUT2D eigenvalue weighted by molar-refractivity contribution is 7.47. The van der Waals surface area contributed by atoms with Gasteiger partial charge in [-0.25, -0.2) is 4.57 Å². The molecule has 0 rings (SSSR count). The Kier molecular flexibility index (Phi) is 39.0. The number of hydrogen-bond donors (Lipinski definition) is 3. The molecule has 0 amide bonds. The van der Waals surface area contributed by atoms with E-state index in [9.17, 15) is 29.3 Å². The van der Waals surface area contributed by atoms with Crippen LogP contribution in [0.15, 0.2) is 12.2 Å². The SMILES string of the molecule is CCCC/C=C\CCCCCCCC(=O)OC(CO)COP(=O)(O)OCC(CO)OC(=O)CCCCCCCCCCCCCCCCCCCCCC. The summed E-state index contributed by atoms with van der Waals surface area (Å²) in [5.41, 5.74) is 0. The van der Waals surface area contributed by atoms with E-state index in [4.69, 9.17) is 18.5 Å². The Balaban J connectivity index is 3.84. The summed E-state index contributed by atoms with van der Waals surface area (Å²) in [6.45, 7) is 2.18. The summed E-state index contributed by atoms with van der Waals surface area (Å²) >= 11 is 0. The first-order valence-electron chi connectivity index (χ1n) is 22.1. The van der Waals surface area contributed by atoms with Gasteiger partial charge in [-0.2, -0.15) is 0 Å². The number of hydrogen-bond acceptors (Lipinski definition) is 9. The summed E-state index contributed by atoms with van der Waals surface area (Å²) in [6, 6.07) is 0. The number of phosphoric ester groups is 1. The smallest absolute Gasteiger partial charge is 0.457 e. The number of aliphatic hydroxyl groups is 2. The summed E-state index contributed by atoms with van der Waals surface area (Å²) in [5, 5.41) is 19.1. The van der Waals surface area contributed by atoms with Crippen LogP contribution in [-0.2, 0) is 32.7 Å². The van der Waals surface area contributed by atoms with Gasteiger partial charge in [0.05, 0.1) is 26.4 Å². The van der Waals surface area contributed by atoms with E-state index in [1.807, 2.05) is 0 Å². The third-order valence-electron chi connectivity index (χ3n) is 9.73. The zero-order chi connectivity index (χ0) is 39.8. The Labute approximate surface area is 330 Å². The van der Waals surface area contributed by atoms with Gasteiger partial charge in [-0.3, -0.25) is 18.6 Å². The molecular weight excluding hydrogens is 707 g/mol. The first-order valence-corrected chi connectivity index (χ1v) is 23.6. The number of esters is 2. The van der Waals surface area contributed by atoms with Crippen LogP contribution in [-0.4, -0.2) is 65.7 Å². The minimum atomic E-state index is -4.63. The lowest BCUT2D eigenvalue weighted by Crippen LogP contribution is -2.28. The molecule has 0 saturated heterocycles. The van der Waals surface area contributed by atoms with Gasteiger partial charge in [0, 0.05) is 12.8 Å². The van der Waals surface area contributed by atoms with Crippen molar-refractivity contribution in [3.05, 3.63) is 12.2 Å². The van der Waals surface area contributed by atoms with Gasteiger partial charge < -0.3 is 24.6 Å². The Morgan fingerprint density at radius 3 is 1.11 bits per heavy atom. The highest BCUT2D eigenvalue weighted by atomic mass is 31.2. The van der Waals surface area contributed by atoms with Crippen LogP contribution in [0, 0.1) is 0 Å². The van der Waals surface area contributed by atoms with Crippen molar-refractivity contribution in [3.8, 4) is 0 Å². The zero-order valence-corrected chi connectivity index (χ0v) is 35.6. The van der Waals surface area contributed by atoms with Crippen molar-refractivity contribution in [2.75, 3.05) is 26.4 Å². The molecule has 320 valence electrons. The Morgan fingerprint density at radius 1 is 0.481 bits per heavy atom. The number of phosphoric acid groups is 1. The number of unbranched alkanes of at least 4 members (excludes halogenated alkanes) is 26. The molecule has 0 aliphatic carbocycles. The minimum Gasteiger partial charge on any atom is -0.457 e. The molecular formula is C43H83O10P. The van der Waals surface area contributed by atoms with E-state index in [0.29, 0.717) is 12.8 Å². The van der Waals surface area contributed by atoms with Crippen LogP contribution in [0.3, 0.4) is 0 Å². The van der Waals surface area contributed by atoms with Gasteiger partial charge in [0.15, 0.2) is 0 Å². The third kappa shape index (κ3) is 37.6. The van der Waals surface area contributed by atoms with Crippen LogP contribution >= 0.6 is 7.82 Å². The summed E-state index contributed by atoms with van der Waals surface area (Å²) in [5.74, 6) is -1.02. The van der Waals surface area contributed by atoms with Gasteiger partial charge in [0.1, 0.15) is 12.2 Å². The average Bonchev–Trinajstić information content (AvgIpc) is 3.16. The minimum absolute atomic E-state index is 0.184. The quantitative estimate of drug-likeness (QED) is 0.0236. The second-order valence-electron chi connectivity index (χ2n) is 15.0. The molecule has 3 unspecified atom stereocenters.